The van der Waals surface area contributed by atoms with Gasteiger partial charge in [-0.1, -0.05) is 19.3 Å². The van der Waals surface area contributed by atoms with Crippen LogP contribution in [-0.4, -0.2) is 76.0 Å². The van der Waals surface area contributed by atoms with E-state index in [1.165, 1.54) is 43.4 Å². The summed E-state index contributed by atoms with van der Waals surface area (Å²) in [4.78, 5) is 32.8. The van der Waals surface area contributed by atoms with E-state index in [0.29, 0.717) is 36.4 Å². The third-order valence-corrected chi connectivity index (χ3v) is 10.3. The van der Waals surface area contributed by atoms with Crippen LogP contribution in [0.5, 0.6) is 5.88 Å². The number of thiazole rings is 2. The Hall–Kier alpha value is -4.63. The Kier molecular flexibility index (Phi) is 9.69. The molecule has 0 aromatic carbocycles. The maximum atomic E-state index is 12.5. The molecule has 50 heavy (non-hydrogen) atoms. The average molecular weight is 715 g/mol. The van der Waals surface area contributed by atoms with Gasteiger partial charge in [0.2, 0.25) is 5.88 Å². The number of piperidine rings is 1. The van der Waals surface area contributed by atoms with Crippen LogP contribution in [0.2, 0.25) is 0 Å². The van der Waals surface area contributed by atoms with Crippen LogP contribution in [0.3, 0.4) is 0 Å². The lowest BCUT2D eigenvalue weighted by Crippen LogP contribution is -2.42. The second kappa shape index (κ2) is 14.3. The van der Waals surface area contributed by atoms with Crippen molar-refractivity contribution >= 4 is 45.9 Å². The fourth-order valence-electron chi connectivity index (χ4n) is 6.68. The van der Waals surface area contributed by atoms with E-state index in [1.807, 2.05) is 49.2 Å². The maximum absolute atomic E-state index is 12.5. The first-order valence-corrected chi connectivity index (χ1v) is 18.9. The minimum absolute atomic E-state index is 0.105. The summed E-state index contributed by atoms with van der Waals surface area (Å²) in [5, 5.41) is 12.8. The summed E-state index contributed by atoms with van der Waals surface area (Å²) in [5.41, 5.74) is 16.4. The molecule has 15 heteroatoms. The average Bonchev–Trinajstić information content (AvgIpc) is 3.95. The number of likely N-dealkylation sites (tertiary alicyclic amines) is 1. The molecule has 2 aliphatic rings. The fourth-order valence-corrected chi connectivity index (χ4v) is 7.79. The lowest BCUT2D eigenvalue weighted by Gasteiger charge is -2.34. The normalized spacial score (nSPS) is 17.1. The molecule has 0 radical (unpaired) electrons. The van der Waals surface area contributed by atoms with Crippen molar-refractivity contribution in [2.45, 2.75) is 83.2 Å². The van der Waals surface area contributed by atoms with Crippen molar-refractivity contribution in [3.8, 4) is 28.4 Å². The Morgan fingerprint density at radius 1 is 0.840 bits per heavy atom. The van der Waals surface area contributed by atoms with Gasteiger partial charge in [0.05, 0.1) is 58.7 Å². The Balaban J connectivity index is 0.000000165. The monoisotopic (exact) mass is 714 g/mol. The van der Waals surface area contributed by atoms with Gasteiger partial charge in [-0.25, -0.2) is 24.7 Å². The van der Waals surface area contributed by atoms with Crippen molar-refractivity contribution in [3.63, 3.8) is 0 Å². The quantitative estimate of drug-likeness (QED) is 0.191. The SMILES string of the molecule is COc1cc(C2CCCN(C(=O)OC(C)(C)C)C2)nc2c(-c3cscn3)cnn12.Nc1cc(C2CCCCC2)nc2c(-c3cscn3)cnn12. The van der Waals surface area contributed by atoms with Gasteiger partial charge in [0.15, 0.2) is 11.3 Å². The number of ether oxygens (including phenoxy) is 2. The molecule has 0 spiro atoms. The van der Waals surface area contributed by atoms with E-state index in [4.69, 9.17) is 25.2 Å². The van der Waals surface area contributed by atoms with Crippen LogP contribution in [0.15, 0.2) is 46.3 Å². The Morgan fingerprint density at radius 2 is 1.44 bits per heavy atom. The number of fused-ring (bicyclic) bond motifs is 2. The topological polar surface area (TPSA) is 151 Å². The standard InChI is InChI=1S/C20H25N5O3S.C15H17N5S/c1-20(2,3)28-19(26)24-7-5-6-13(10-24)15-8-17(27-4)25-18(23-15)14(9-22-25)16-11-29-12-21-16;16-14-6-12(10-4-2-1-3-5-10)19-15-11(7-18-20(14)15)13-8-21-9-17-13/h8-9,11-13H,5-7,10H2,1-4H3;6-10H,1-5,16H2. The van der Waals surface area contributed by atoms with Crippen molar-refractivity contribution in [1.29, 1.82) is 0 Å². The van der Waals surface area contributed by atoms with E-state index in [2.05, 4.69) is 20.2 Å². The highest BCUT2D eigenvalue weighted by Gasteiger charge is 2.30. The van der Waals surface area contributed by atoms with Crippen LogP contribution >= 0.6 is 22.7 Å². The number of methoxy groups -OCH3 is 1. The molecule has 1 aliphatic heterocycles. The number of nitrogens with zero attached hydrogens (tertiary/aromatic N) is 9. The third kappa shape index (κ3) is 7.15. The molecule has 2 N–H and O–H groups in total. The molecule has 1 saturated heterocycles. The number of anilines is 1. The van der Waals surface area contributed by atoms with Crippen molar-refractivity contribution in [3.05, 3.63) is 57.7 Å². The molecule has 1 aliphatic carbocycles. The Morgan fingerprint density at radius 3 is 2.04 bits per heavy atom. The van der Waals surface area contributed by atoms with Gasteiger partial charge in [0, 0.05) is 53.5 Å². The van der Waals surface area contributed by atoms with Gasteiger partial charge in [0.1, 0.15) is 11.4 Å². The van der Waals surface area contributed by atoms with Gasteiger partial charge in [-0.15, -0.1) is 22.7 Å². The highest BCUT2D eigenvalue weighted by Crippen LogP contribution is 2.35. The summed E-state index contributed by atoms with van der Waals surface area (Å²) in [6, 6.07) is 3.90. The molecule has 7 heterocycles. The van der Waals surface area contributed by atoms with E-state index in [9.17, 15) is 4.79 Å². The van der Waals surface area contributed by atoms with E-state index in [0.717, 1.165) is 52.4 Å². The van der Waals surface area contributed by atoms with E-state index in [-0.39, 0.29) is 12.0 Å². The number of nitrogen functional groups attached to an aromatic ring is 1. The number of hydrogen-bond donors (Lipinski definition) is 1. The minimum Gasteiger partial charge on any atom is -0.481 e. The van der Waals surface area contributed by atoms with E-state index in [1.54, 1.807) is 50.3 Å². The smallest absolute Gasteiger partial charge is 0.410 e. The summed E-state index contributed by atoms with van der Waals surface area (Å²) in [7, 11) is 1.62. The molecular formula is C35H42N10O3S2. The summed E-state index contributed by atoms with van der Waals surface area (Å²) >= 11 is 3.11. The van der Waals surface area contributed by atoms with Crippen LogP contribution in [0.1, 0.15) is 88.9 Å². The van der Waals surface area contributed by atoms with Crippen LogP contribution in [0, 0.1) is 0 Å². The maximum Gasteiger partial charge on any atom is 0.410 e. The molecule has 0 bridgehead atoms. The number of carbonyl (C=O) groups is 1. The van der Waals surface area contributed by atoms with Gasteiger partial charge < -0.3 is 20.1 Å². The Bertz CT molecular complexity index is 2060. The first-order chi connectivity index (χ1) is 24.2. The number of nitrogens with two attached hydrogens (primary N) is 1. The van der Waals surface area contributed by atoms with Gasteiger partial charge in [0.25, 0.3) is 0 Å². The number of aromatic nitrogens is 8. The van der Waals surface area contributed by atoms with Crippen LogP contribution < -0.4 is 10.5 Å². The molecular weight excluding hydrogens is 673 g/mol. The lowest BCUT2D eigenvalue weighted by atomic mass is 9.87. The third-order valence-electron chi connectivity index (χ3n) is 9.12. The van der Waals surface area contributed by atoms with Crippen molar-refractivity contribution in [2.75, 3.05) is 25.9 Å². The summed E-state index contributed by atoms with van der Waals surface area (Å²) in [6.07, 6.45) is 11.5. The molecule has 1 atom stereocenters. The zero-order valence-electron chi connectivity index (χ0n) is 28.8. The van der Waals surface area contributed by atoms with Crippen molar-refractivity contribution in [2.24, 2.45) is 0 Å². The number of hydrogen-bond acceptors (Lipinski definition) is 12. The highest BCUT2D eigenvalue weighted by atomic mass is 32.1. The largest absolute Gasteiger partial charge is 0.481 e. The van der Waals surface area contributed by atoms with Gasteiger partial charge in [-0.3, -0.25) is 0 Å². The number of carbonyl (C=O) groups excluding carboxylic acids is 1. The second-order valence-electron chi connectivity index (χ2n) is 13.8. The molecule has 6 aromatic heterocycles. The van der Waals surface area contributed by atoms with E-state index < -0.39 is 5.60 Å². The fraction of sp³-hybridized carbons (Fsp3) is 0.457. The van der Waals surface area contributed by atoms with Crippen LogP contribution in [0.4, 0.5) is 10.6 Å². The molecule has 1 saturated carbocycles. The predicted octanol–water partition coefficient (Wildman–Crippen LogP) is 7.46. The highest BCUT2D eigenvalue weighted by molar-refractivity contribution is 7.08. The number of rotatable bonds is 5. The lowest BCUT2D eigenvalue weighted by molar-refractivity contribution is 0.0197. The molecule has 1 unspecified atom stereocenters. The van der Waals surface area contributed by atoms with Gasteiger partial charge in [-0.2, -0.15) is 19.2 Å². The summed E-state index contributed by atoms with van der Waals surface area (Å²) in [6.45, 7) is 6.91. The molecule has 2 fully saturated rings. The Labute approximate surface area is 298 Å². The van der Waals surface area contributed by atoms with Crippen LogP contribution in [0.25, 0.3) is 33.8 Å². The molecule has 6 aromatic rings. The first kappa shape index (κ1) is 33.8. The zero-order chi connectivity index (χ0) is 34.8. The van der Waals surface area contributed by atoms with Crippen LogP contribution in [-0.2, 0) is 4.74 Å². The predicted molar refractivity (Wildman–Crippen MR) is 195 cm³/mol. The van der Waals surface area contributed by atoms with Gasteiger partial charge in [-0.05, 0) is 46.5 Å². The summed E-state index contributed by atoms with van der Waals surface area (Å²) in [5.74, 6) is 1.90. The summed E-state index contributed by atoms with van der Waals surface area (Å²) < 4.78 is 14.5. The molecule has 13 nitrogen and oxygen atoms in total. The zero-order valence-corrected chi connectivity index (χ0v) is 30.4. The number of amides is 1. The first-order valence-electron chi connectivity index (χ1n) is 17.0. The van der Waals surface area contributed by atoms with Crippen molar-refractivity contribution < 1.29 is 14.3 Å². The molecule has 1 amide bonds. The van der Waals surface area contributed by atoms with Gasteiger partial charge >= 0.3 is 6.09 Å². The molecule has 262 valence electrons. The second-order valence-corrected chi connectivity index (χ2v) is 15.2. The van der Waals surface area contributed by atoms with E-state index >= 15 is 0 Å². The molecule has 8 rings (SSSR count). The van der Waals surface area contributed by atoms with Crippen molar-refractivity contribution in [1.82, 2.24) is 44.1 Å². The minimum atomic E-state index is -0.509.